The molecule has 5 nitrogen and oxygen atoms in total. The van der Waals surface area contributed by atoms with E-state index in [-0.39, 0.29) is 10.8 Å². The van der Waals surface area contributed by atoms with Gasteiger partial charge in [0.25, 0.3) is 10.0 Å². The van der Waals surface area contributed by atoms with E-state index in [9.17, 15) is 13.2 Å². The smallest absolute Gasteiger partial charge is 0.264 e. The third-order valence-electron chi connectivity index (χ3n) is 4.57. The summed E-state index contributed by atoms with van der Waals surface area (Å²) in [5, 5.41) is 2.83. The second-order valence-corrected chi connectivity index (χ2v) is 8.14. The first-order valence-corrected chi connectivity index (χ1v) is 9.87. The van der Waals surface area contributed by atoms with E-state index in [1.54, 1.807) is 25.2 Å². The molecule has 0 aliphatic carbocycles. The molecule has 0 aromatic heterocycles. The number of para-hydroxylation sites is 1. The molecule has 1 N–H and O–H groups in total. The van der Waals surface area contributed by atoms with Crippen LogP contribution in [0.5, 0.6) is 0 Å². The average molecular weight is 358 g/mol. The van der Waals surface area contributed by atoms with E-state index < -0.39 is 10.0 Å². The van der Waals surface area contributed by atoms with Crippen molar-refractivity contribution < 1.29 is 13.2 Å². The molecule has 2 aromatic rings. The van der Waals surface area contributed by atoms with E-state index in [2.05, 4.69) is 5.32 Å². The Morgan fingerprint density at radius 2 is 1.88 bits per heavy atom. The number of sulfonamides is 1. The first kappa shape index (κ1) is 17.5. The Morgan fingerprint density at radius 3 is 2.64 bits per heavy atom. The van der Waals surface area contributed by atoms with Crippen molar-refractivity contribution >= 4 is 27.3 Å². The molecular weight excluding hydrogens is 336 g/mol. The van der Waals surface area contributed by atoms with Crippen LogP contribution in [0.2, 0.25) is 0 Å². The van der Waals surface area contributed by atoms with Gasteiger partial charge in [-0.2, -0.15) is 0 Å². The van der Waals surface area contributed by atoms with Gasteiger partial charge in [-0.25, -0.2) is 8.42 Å². The summed E-state index contributed by atoms with van der Waals surface area (Å²) in [6.07, 6.45) is 2.62. The van der Waals surface area contributed by atoms with Crippen LogP contribution in [-0.4, -0.2) is 21.4 Å². The molecule has 3 rings (SSSR count). The number of carbonyl (C=O) groups excluding carboxylic acids is 1. The summed E-state index contributed by atoms with van der Waals surface area (Å²) in [6.45, 7) is 2.00. The molecule has 0 unspecified atom stereocenters. The summed E-state index contributed by atoms with van der Waals surface area (Å²) in [7, 11) is -2.08. The van der Waals surface area contributed by atoms with Crippen LogP contribution in [0, 0.1) is 0 Å². The highest BCUT2D eigenvalue weighted by Gasteiger charge is 2.24. The normalized spacial score (nSPS) is 14.4. The second kappa shape index (κ2) is 6.88. The summed E-state index contributed by atoms with van der Waals surface area (Å²) in [4.78, 5) is 11.9. The molecule has 1 amide bonds. The molecule has 0 atom stereocenters. The van der Waals surface area contributed by atoms with Crippen molar-refractivity contribution in [2.45, 2.75) is 37.5 Å². The molecule has 2 aromatic carbocycles. The van der Waals surface area contributed by atoms with Crippen LogP contribution in [0.4, 0.5) is 11.4 Å². The Hall–Kier alpha value is -2.34. The van der Waals surface area contributed by atoms with Crippen molar-refractivity contribution in [2.24, 2.45) is 0 Å². The van der Waals surface area contributed by atoms with Gasteiger partial charge in [0.2, 0.25) is 5.91 Å². The number of fused-ring (bicyclic) bond motifs is 1. The molecule has 1 heterocycles. The van der Waals surface area contributed by atoms with Gasteiger partial charge in [0.1, 0.15) is 0 Å². The Kier molecular flexibility index (Phi) is 4.81. The molecule has 0 bridgehead atoms. The first-order chi connectivity index (χ1) is 11.9. The molecule has 132 valence electrons. The number of rotatable bonds is 4. The van der Waals surface area contributed by atoms with Crippen LogP contribution in [-0.2, 0) is 27.7 Å². The Labute approximate surface area is 148 Å². The van der Waals surface area contributed by atoms with Crippen molar-refractivity contribution in [1.82, 2.24) is 0 Å². The molecule has 0 spiro atoms. The predicted molar refractivity (Wildman–Crippen MR) is 99.4 cm³/mol. The minimum atomic E-state index is -3.66. The van der Waals surface area contributed by atoms with Crippen molar-refractivity contribution in [3.8, 4) is 0 Å². The van der Waals surface area contributed by atoms with Crippen molar-refractivity contribution in [3.63, 3.8) is 0 Å². The number of aryl methyl sites for hydroxylation is 2. The Morgan fingerprint density at radius 1 is 1.12 bits per heavy atom. The molecule has 1 aliphatic rings. The summed E-state index contributed by atoms with van der Waals surface area (Å²) in [6, 6.07) is 12.4. The molecular formula is C19H22N2O3S. The number of hydrogen-bond acceptors (Lipinski definition) is 3. The SMILES string of the molecule is CCc1ccccc1N(C)S(=O)(=O)c1ccc2c(c1)CCCC(=O)N2. The van der Waals surface area contributed by atoms with Gasteiger partial charge in [0, 0.05) is 19.2 Å². The van der Waals surface area contributed by atoms with Crippen LogP contribution in [0.1, 0.15) is 30.9 Å². The van der Waals surface area contributed by atoms with Crippen molar-refractivity contribution in [2.75, 3.05) is 16.7 Å². The van der Waals surface area contributed by atoms with E-state index >= 15 is 0 Å². The summed E-state index contributed by atoms with van der Waals surface area (Å²) >= 11 is 0. The fourth-order valence-electron chi connectivity index (χ4n) is 3.12. The standard InChI is InChI=1S/C19H22N2O3S/c1-3-14-7-4-5-9-18(14)21(2)25(23,24)16-11-12-17-15(13-16)8-6-10-19(22)20-17/h4-5,7,9,11-13H,3,6,8,10H2,1-2H3,(H,20,22). The zero-order chi connectivity index (χ0) is 18.0. The molecule has 1 aliphatic heterocycles. The lowest BCUT2D eigenvalue weighted by Crippen LogP contribution is -2.27. The molecule has 0 fully saturated rings. The van der Waals surface area contributed by atoms with E-state index in [4.69, 9.17) is 0 Å². The molecule has 0 saturated heterocycles. The number of hydrogen-bond donors (Lipinski definition) is 1. The Bertz CT molecular complexity index is 907. The molecule has 6 heteroatoms. The van der Waals surface area contributed by atoms with Gasteiger partial charge in [-0.3, -0.25) is 9.10 Å². The van der Waals surface area contributed by atoms with E-state index in [1.807, 2.05) is 31.2 Å². The first-order valence-electron chi connectivity index (χ1n) is 8.43. The van der Waals surface area contributed by atoms with Gasteiger partial charge in [-0.05, 0) is 54.7 Å². The molecule has 25 heavy (non-hydrogen) atoms. The summed E-state index contributed by atoms with van der Waals surface area (Å²) in [5.41, 5.74) is 3.24. The lowest BCUT2D eigenvalue weighted by Gasteiger charge is -2.22. The number of nitrogens with one attached hydrogen (secondary N) is 1. The van der Waals surface area contributed by atoms with Crippen molar-refractivity contribution in [1.29, 1.82) is 0 Å². The largest absolute Gasteiger partial charge is 0.326 e. The fraction of sp³-hybridized carbons (Fsp3) is 0.316. The van der Waals surface area contributed by atoms with Gasteiger partial charge in [0.15, 0.2) is 0 Å². The minimum Gasteiger partial charge on any atom is -0.326 e. The quantitative estimate of drug-likeness (QED) is 0.911. The molecule has 0 saturated carbocycles. The Balaban J connectivity index is 2.00. The zero-order valence-corrected chi connectivity index (χ0v) is 15.3. The van der Waals surface area contributed by atoms with Crippen LogP contribution in [0.25, 0.3) is 0 Å². The monoisotopic (exact) mass is 358 g/mol. The predicted octanol–water partition coefficient (Wildman–Crippen LogP) is 3.35. The van der Waals surface area contributed by atoms with Gasteiger partial charge < -0.3 is 5.32 Å². The van der Waals surface area contributed by atoms with E-state index in [0.717, 1.165) is 24.0 Å². The van der Waals surface area contributed by atoms with Crippen LogP contribution >= 0.6 is 0 Å². The fourth-order valence-corrected chi connectivity index (χ4v) is 4.40. The van der Waals surface area contributed by atoms with Gasteiger partial charge in [-0.1, -0.05) is 25.1 Å². The summed E-state index contributed by atoms with van der Waals surface area (Å²) in [5.74, 6) is -0.0247. The third-order valence-corrected chi connectivity index (χ3v) is 6.34. The van der Waals surface area contributed by atoms with Crippen molar-refractivity contribution in [3.05, 3.63) is 53.6 Å². The van der Waals surface area contributed by atoms with Crippen LogP contribution < -0.4 is 9.62 Å². The van der Waals surface area contributed by atoms with E-state index in [0.29, 0.717) is 24.2 Å². The highest BCUT2D eigenvalue weighted by Crippen LogP contribution is 2.29. The third kappa shape index (κ3) is 3.39. The maximum absolute atomic E-state index is 13.1. The lowest BCUT2D eigenvalue weighted by atomic mass is 10.1. The number of nitrogens with zero attached hydrogens (tertiary/aromatic N) is 1. The minimum absolute atomic E-state index is 0.0247. The number of carbonyl (C=O) groups is 1. The second-order valence-electron chi connectivity index (χ2n) is 6.18. The maximum atomic E-state index is 13.1. The van der Waals surface area contributed by atoms with Crippen LogP contribution in [0.15, 0.2) is 47.4 Å². The van der Waals surface area contributed by atoms with Crippen LogP contribution in [0.3, 0.4) is 0 Å². The van der Waals surface area contributed by atoms with Gasteiger partial charge >= 0.3 is 0 Å². The lowest BCUT2D eigenvalue weighted by molar-refractivity contribution is -0.116. The highest BCUT2D eigenvalue weighted by molar-refractivity contribution is 7.92. The number of anilines is 2. The number of amides is 1. The molecule has 0 radical (unpaired) electrons. The zero-order valence-electron chi connectivity index (χ0n) is 14.5. The number of benzene rings is 2. The van der Waals surface area contributed by atoms with Gasteiger partial charge in [-0.15, -0.1) is 0 Å². The van der Waals surface area contributed by atoms with E-state index in [1.165, 1.54) is 4.31 Å². The highest BCUT2D eigenvalue weighted by atomic mass is 32.2. The topological polar surface area (TPSA) is 66.5 Å². The summed E-state index contributed by atoms with van der Waals surface area (Å²) < 4.78 is 27.5. The maximum Gasteiger partial charge on any atom is 0.264 e. The average Bonchev–Trinajstić information content (AvgIpc) is 2.80. The van der Waals surface area contributed by atoms with Gasteiger partial charge in [0.05, 0.1) is 10.6 Å².